The van der Waals surface area contributed by atoms with Crippen LogP contribution in [0.25, 0.3) is 11.1 Å². The largest absolute Gasteiger partial charge is 0.522 e. The Labute approximate surface area is 178 Å². The van der Waals surface area contributed by atoms with E-state index in [9.17, 15) is 13.2 Å². The first-order valence-corrected chi connectivity index (χ1v) is 11.2. The summed E-state index contributed by atoms with van der Waals surface area (Å²) >= 11 is 0. The van der Waals surface area contributed by atoms with E-state index in [2.05, 4.69) is 53.3 Å². The molecule has 0 aromatic heterocycles. The third kappa shape index (κ3) is 6.60. The SMILES string of the molecule is CC(CCCC1CCC(c2ccccc2-c2ccccc2)CC1)C(C)OC(F)(F)F. The van der Waals surface area contributed by atoms with E-state index in [-0.39, 0.29) is 5.92 Å². The van der Waals surface area contributed by atoms with Crippen LogP contribution in [0.2, 0.25) is 0 Å². The molecule has 2 aromatic carbocycles. The van der Waals surface area contributed by atoms with Gasteiger partial charge in [0, 0.05) is 0 Å². The molecule has 0 amide bonds. The number of ether oxygens (including phenoxy) is 1. The first kappa shape index (κ1) is 22.9. The third-order valence-electron chi connectivity index (χ3n) is 6.72. The van der Waals surface area contributed by atoms with E-state index in [4.69, 9.17) is 0 Å². The van der Waals surface area contributed by atoms with Crippen molar-refractivity contribution in [2.45, 2.75) is 77.2 Å². The van der Waals surface area contributed by atoms with Gasteiger partial charge >= 0.3 is 6.36 Å². The lowest BCUT2D eigenvalue weighted by atomic mass is 9.75. The van der Waals surface area contributed by atoms with Crippen LogP contribution in [0.1, 0.15) is 70.3 Å². The monoisotopic (exact) mass is 418 g/mol. The van der Waals surface area contributed by atoms with Crippen LogP contribution in [0, 0.1) is 11.8 Å². The molecule has 0 spiro atoms. The van der Waals surface area contributed by atoms with E-state index in [1.54, 1.807) is 0 Å². The van der Waals surface area contributed by atoms with Gasteiger partial charge in [-0.1, -0.05) is 74.4 Å². The Kier molecular flexibility index (Phi) is 7.99. The van der Waals surface area contributed by atoms with Gasteiger partial charge in [0.15, 0.2) is 0 Å². The minimum atomic E-state index is -4.54. The Morgan fingerprint density at radius 2 is 1.53 bits per heavy atom. The van der Waals surface area contributed by atoms with Crippen molar-refractivity contribution in [3.05, 3.63) is 60.2 Å². The maximum atomic E-state index is 12.4. The normalized spacial score (nSPS) is 21.9. The van der Waals surface area contributed by atoms with Crippen LogP contribution in [-0.4, -0.2) is 12.5 Å². The summed E-state index contributed by atoms with van der Waals surface area (Å²) in [7, 11) is 0. The van der Waals surface area contributed by atoms with Crippen molar-refractivity contribution >= 4 is 0 Å². The maximum Gasteiger partial charge on any atom is 0.522 e. The molecule has 0 N–H and O–H groups in total. The lowest BCUT2D eigenvalue weighted by Crippen LogP contribution is -2.26. The highest BCUT2D eigenvalue weighted by Gasteiger charge is 2.33. The Bertz CT molecular complexity index is 763. The summed E-state index contributed by atoms with van der Waals surface area (Å²) in [5.74, 6) is 1.20. The molecule has 1 nitrogen and oxygen atoms in total. The van der Waals surface area contributed by atoms with Gasteiger partial charge in [-0.15, -0.1) is 13.2 Å². The lowest BCUT2D eigenvalue weighted by Gasteiger charge is -2.30. The van der Waals surface area contributed by atoms with Crippen LogP contribution in [0.3, 0.4) is 0 Å². The molecule has 1 saturated carbocycles. The average Bonchev–Trinajstić information content (AvgIpc) is 2.73. The Morgan fingerprint density at radius 1 is 0.900 bits per heavy atom. The quantitative estimate of drug-likeness (QED) is 0.418. The van der Waals surface area contributed by atoms with Crippen molar-refractivity contribution in [3.8, 4) is 11.1 Å². The summed E-state index contributed by atoms with van der Waals surface area (Å²) in [6.07, 6.45) is 2.34. The van der Waals surface area contributed by atoms with Crippen molar-refractivity contribution in [1.82, 2.24) is 0 Å². The summed E-state index contributed by atoms with van der Waals surface area (Å²) in [5.41, 5.74) is 4.07. The first-order chi connectivity index (χ1) is 14.3. The second kappa shape index (κ2) is 10.5. The van der Waals surface area contributed by atoms with Crippen LogP contribution in [0.15, 0.2) is 54.6 Å². The number of hydrogen-bond acceptors (Lipinski definition) is 1. The fraction of sp³-hybridized carbons (Fsp3) is 0.538. The molecule has 0 radical (unpaired) electrons. The van der Waals surface area contributed by atoms with Crippen molar-refractivity contribution < 1.29 is 17.9 Å². The van der Waals surface area contributed by atoms with Crippen molar-refractivity contribution in [1.29, 1.82) is 0 Å². The molecule has 2 aromatic rings. The van der Waals surface area contributed by atoms with E-state index in [1.807, 2.05) is 13.0 Å². The van der Waals surface area contributed by atoms with E-state index in [1.165, 1.54) is 49.3 Å². The van der Waals surface area contributed by atoms with E-state index >= 15 is 0 Å². The van der Waals surface area contributed by atoms with E-state index in [0.29, 0.717) is 11.8 Å². The molecule has 30 heavy (non-hydrogen) atoms. The number of rotatable bonds is 8. The molecule has 0 heterocycles. The van der Waals surface area contributed by atoms with Gasteiger partial charge in [-0.3, -0.25) is 4.74 Å². The third-order valence-corrected chi connectivity index (χ3v) is 6.72. The highest BCUT2D eigenvalue weighted by molar-refractivity contribution is 5.68. The molecule has 1 fully saturated rings. The number of benzene rings is 2. The molecular formula is C26H33F3O. The second-order valence-corrected chi connectivity index (χ2v) is 8.85. The molecule has 164 valence electrons. The van der Waals surface area contributed by atoms with E-state index in [0.717, 1.165) is 19.3 Å². The molecular weight excluding hydrogens is 385 g/mol. The zero-order valence-corrected chi connectivity index (χ0v) is 18.0. The summed E-state index contributed by atoms with van der Waals surface area (Å²) < 4.78 is 41.3. The second-order valence-electron chi connectivity index (χ2n) is 8.85. The Morgan fingerprint density at radius 3 is 2.20 bits per heavy atom. The number of hydrogen-bond donors (Lipinski definition) is 0. The zero-order chi connectivity index (χ0) is 21.6. The Hall–Kier alpha value is -1.81. The fourth-order valence-corrected chi connectivity index (χ4v) is 4.79. The van der Waals surface area contributed by atoms with Crippen LogP contribution in [-0.2, 0) is 4.74 Å². The van der Waals surface area contributed by atoms with Crippen LogP contribution < -0.4 is 0 Å². The fourth-order valence-electron chi connectivity index (χ4n) is 4.79. The minimum absolute atomic E-state index is 0.0827. The number of halogens is 3. The zero-order valence-electron chi connectivity index (χ0n) is 18.0. The summed E-state index contributed by atoms with van der Waals surface area (Å²) in [6.45, 7) is 3.38. The van der Waals surface area contributed by atoms with Crippen molar-refractivity contribution in [2.75, 3.05) is 0 Å². The molecule has 1 aliphatic rings. The van der Waals surface area contributed by atoms with Gasteiger partial charge in [-0.05, 0) is 73.5 Å². The van der Waals surface area contributed by atoms with Gasteiger partial charge in [-0.25, -0.2) is 0 Å². The van der Waals surface area contributed by atoms with Crippen LogP contribution >= 0.6 is 0 Å². The molecule has 4 heteroatoms. The first-order valence-electron chi connectivity index (χ1n) is 11.2. The predicted molar refractivity (Wildman–Crippen MR) is 116 cm³/mol. The lowest BCUT2D eigenvalue weighted by molar-refractivity contribution is -0.345. The van der Waals surface area contributed by atoms with Gasteiger partial charge in [0.1, 0.15) is 0 Å². The van der Waals surface area contributed by atoms with Gasteiger partial charge < -0.3 is 0 Å². The molecule has 0 saturated heterocycles. The Balaban J connectivity index is 1.47. The maximum absolute atomic E-state index is 12.4. The molecule has 1 aliphatic carbocycles. The van der Waals surface area contributed by atoms with Crippen molar-refractivity contribution in [3.63, 3.8) is 0 Å². The smallest absolute Gasteiger partial charge is 0.289 e. The predicted octanol–water partition coefficient (Wildman–Crippen LogP) is 8.36. The molecule has 0 bridgehead atoms. The summed E-state index contributed by atoms with van der Waals surface area (Å²) in [4.78, 5) is 0. The highest BCUT2D eigenvalue weighted by atomic mass is 19.4. The molecule has 0 aliphatic heterocycles. The minimum Gasteiger partial charge on any atom is -0.289 e. The van der Waals surface area contributed by atoms with Crippen molar-refractivity contribution in [2.24, 2.45) is 11.8 Å². The topological polar surface area (TPSA) is 9.23 Å². The van der Waals surface area contributed by atoms with Gasteiger partial charge in [-0.2, -0.15) is 0 Å². The highest BCUT2D eigenvalue weighted by Crippen LogP contribution is 2.41. The van der Waals surface area contributed by atoms with Gasteiger partial charge in [0.05, 0.1) is 6.10 Å². The van der Waals surface area contributed by atoms with Crippen LogP contribution in [0.4, 0.5) is 13.2 Å². The molecule has 3 rings (SSSR count). The van der Waals surface area contributed by atoms with Gasteiger partial charge in [0.25, 0.3) is 0 Å². The average molecular weight is 419 g/mol. The molecule has 2 unspecified atom stereocenters. The van der Waals surface area contributed by atoms with E-state index < -0.39 is 12.5 Å². The van der Waals surface area contributed by atoms with Crippen LogP contribution in [0.5, 0.6) is 0 Å². The van der Waals surface area contributed by atoms with Gasteiger partial charge in [0.2, 0.25) is 0 Å². The standard InChI is InChI=1S/C26H33F3O/c1-19(20(2)30-26(27,28)29)9-8-10-21-15-17-23(18-16-21)25-14-7-6-13-24(25)22-11-4-3-5-12-22/h3-7,11-14,19-21,23H,8-10,15-18H2,1-2H3. The molecule has 2 atom stereocenters. The summed E-state index contributed by atoms with van der Waals surface area (Å²) in [5, 5.41) is 0. The summed E-state index contributed by atoms with van der Waals surface area (Å²) in [6, 6.07) is 19.3. The number of alkyl halides is 3.